The Morgan fingerprint density at radius 3 is 2.67 bits per heavy atom. The summed E-state index contributed by atoms with van der Waals surface area (Å²) in [7, 11) is -3.39. The fourth-order valence-electron chi connectivity index (χ4n) is 3.02. The molecular weight excluding hydrogens is 324 g/mol. The van der Waals surface area contributed by atoms with Gasteiger partial charge in [0, 0.05) is 5.56 Å². The van der Waals surface area contributed by atoms with Gasteiger partial charge < -0.3 is 5.32 Å². The van der Waals surface area contributed by atoms with Crippen molar-refractivity contribution >= 4 is 21.6 Å². The molecule has 0 spiro atoms. The van der Waals surface area contributed by atoms with Crippen molar-refractivity contribution in [3.8, 4) is 0 Å². The van der Waals surface area contributed by atoms with Crippen molar-refractivity contribution in [1.82, 2.24) is 5.32 Å². The number of aryl methyl sites for hydroxylation is 2. The lowest BCUT2D eigenvalue weighted by atomic mass is 10.1. The van der Waals surface area contributed by atoms with Crippen LogP contribution in [-0.2, 0) is 16.4 Å². The van der Waals surface area contributed by atoms with Gasteiger partial charge in [-0.3, -0.25) is 9.52 Å². The van der Waals surface area contributed by atoms with Gasteiger partial charge in [-0.25, -0.2) is 8.42 Å². The highest BCUT2D eigenvalue weighted by Crippen LogP contribution is 2.31. The third-order valence-electron chi connectivity index (χ3n) is 4.23. The van der Waals surface area contributed by atoms with E-state index in [1.165, 1.54) is 5.56 Å². The molecule has 6 heteroatoms. The Kier molecular flexibility index (Phi) is 4.32. The van der Waals surface area contributed by atoms with Gasteiger partial charge in [-0.05, 0) is 48.6 Å². The molecule has 24 heavy (non-hydrogen) atoms. The maximum atomic E-state index is 12.6. The van der Waals surface area contributed by atoms with E-state index in [1.54, 1.807) is 25.1 Å². The molecule has 126 valence electrons. The van der Waals surface area contributed by atoms with Crippen LogP contribution in [-0.4, -0.2) is 20.6 Å². The van der Waals surface area contributed by atoms with Crippen molar-refractivity contribution < 1.29 is 13.2 Å². The van der Waals surface area contributed by atoms with Crippen molar-refractivity contribution in [2.75, 3.05) is 11.0 Å². The van der Waals surface area contributed by atoms with E-state index in [-0.39, 0.29) is 11.9 Å². The molecular formula is C18H20N2O3S. The van der Waals surface area contributed by atoms with Gasteiger partial charge in [0.05, 0.1) is 18.0 Å². The van der Waals surface area contributed by atoms with E-state index in [0.29, 0.717) is 11.3 Å². The average molecular weight is 344 g/mol. The first-order chi connectivity index (χ1) is 11.3. The second kappa shape index (κ2) is 6.28. The minimum Gasteiger partial charge on any atom is -0.345 e. The zero-order valence-electron chi connectivity index (χ0n) is 13.7. The van der Waals surface area contributed by atoms with Gasteiger partial charge in [0.1, 0.15) is 0 Å². The van der Waals surface area contributed by atoms with Crippen molar-refractivity contribution in [3.05, 3.63) is 64.7 Å². The molecule has 0 radical (unpaired) electrons. The summed E-state index contributed by atoms with van der Waals surface area (Å²) in [6.07, 6.45) is 2.93. The molecule has 1 unspecified atom stereocenters. The molecule has 1 aliphatic carbocycles. The minimum atomic E-state index is -3.39. The molecule has 0 fully saturated rings. The molecule has 3 rings (SSSR count). The number of rotatable bonds is 4. The number of anilines is 1. The average Bonchev–Trinajstić information content (AvgIpc) is 2.91. The van der Waals surface area contributed by atoms with Gasteiger partial charge in [-0.15, -0.1) is 0 Å². The number of carbonyl (C=O) groups is 1. The van der Waals surface area contributed by atoms with Gasteiger partial charge in [-0.1, -0.05) is 30.3 Å². The molecule has 0 aromatic heterocycles. The second-order valence-corrected chi connectivity index (χ2v) is 7.92. The monoisotopic (exact) mass is 344 g/mol. The van der Waals surface area contributed by atoms with Gasteiger partial charge >= 0.3 is 0 Å². The lowest BCUT2D eigenvalue weighted by Gasteiger charge is -2.15. The van der Waals surface area contributed by atoms with Gasteiger partial charge in [-0.2, -0.15) is 0 Å². The fraction of sp³-hybridized carbons (Fsp3) is 0.278. The summed E-state index contributed by atoms with van der Waals surface area (Å²) >= 11 is 0. The number of benzene rings is 2. The molecule has 0 aliphatic heterocycles. The molecule has 1 aliphatic rings. The number of sulfonamides is 1. The van der Waals surface area contributed by atoms with E-state index in [2.05, 4.69) is 16.1 Å². The van der Waals surface area contributed by atoms with Crippen LogP contribution in [0, 0.1) is 6.92 Å². The summed E-state index contributed by atoms with van der Waals surface area (Å²) in [5.74, 6) is -0.201. The van der Waals surface area contributed by atoms with Crippen molar-refractivity contribution in [1.29, 1.82) is 0 Å². The van der Waals surface area contributed by atoms with Gasteiger partial charge in [0.2, 0.25) is 10.0 Å². The summed E-state index contributed by atoms with van der Waals surface area (Å²) in [6, 6.07) is 13.1. The Bertz CT molecular complexity index is 891. The van der Waals surface area contributed by atoms with E-state index in [1.807, 2.05) is 18.2 Å². The highest BCUT2D eigenvalue weighted by atomic mass is 32.2. The molecule has 2 N–H and O–H groups in total. The fourth-order valence-corrected chi connectivity index (χ4v) is 3.64. The Morgan fingerprint density at radius 1 is 1.17 bits per heavy atom. The number of fused-ring (bicyclic) bond motifs is 1. The van der Waals surface area contributed by atoms with Crippen molar-refractivity contribution in [2.45, 2.75) is 25.8 Å². The van der Waals surface area contributed by atoms with E-state index in [9.17, 15) is 13.2 Å². The smallest absolute Gasteiger partial charge is 0.251 e. The molecule has 2 aromatic carbocycles. The molecule has 0 saturated heterocycles. The number of hydrogen-bond acceptors (Lipinski definition) is 3. The van der Waals surface area contributed by atoms with Crippen LogP contribution < -0.4 is 10.0 Å². The lowest BCUT2D eigenvalue weighted by molar-refractivity contribution is 0.0936. The Balaban J connectivity index is 1.80. The molecule has 0 bridgehead atoms. The third-order valence-corrected chi connectivity index (χ3v) is 4.82. The van der Waals surface area contributed by atoms with Crippen molar-refractivity contribution in [2.24, 2.45) is 0 Å². The Hall–Kier alpha value is -2.34. The number of amides is 1. The minimum absolute atomic E-state index is 0.00122. The van der Waals surface area contributed by atoms with E-state index >= 15 is 0 Å². The zero-order chi connectivity index (χ0) is 17.3. The van der Waals surface area contributed by atoms with Gasteiger partial charge in [0.15, 0.2) is 0 Å². The first-order valence-electron chi connectivity index (χ1n) is 7.80. The van der Waals surface area contributed by atoms with Crippen LogP contribution in [0.1, 0.15) is 39.5 Å². The molecule has 0 saturated carbocycles. The molecule has 0 heterocycles. The third kappa shape index (κ3) is 3.59. The Morgan fingerprint density at radius 2 is 1.92 bits per heavy atom. The maximum Gasteiger partial charge on any atom is 0.251 e. The van der Waals surface area contributed by atoms with Crippen LogP contribution in [0.15, 0.2) is 42.5 Å². The van der Waals surface area contributed by atoms with Crippen LogP contribution in [0.4, 0.5) is 5.69 Å². The first kappa shape index (κ1) is 16.5. The summed E-state index contributed by atoms with van der Waals surface area (Å²) < 4.78 is 25.3. The maximum absolute atomic E-state index is 12.6. The number of carbonyl (C=O) groups excluding carboxylic acids is 1. The number of hydrogen-bond donors (Lipinski definition) is 2. The lowest BCUT2D eigenvalue weighted by Crippen LogP contribution is -2.27. The predicted molar refractivity (Wildman–Crippen MR) is 94.6 cm³/mol. The Labute approximate surface area is 142 Å². The summed E-state index contributed by atoms with van der Waals surface area (Å²) in [5, 5.41) is 3.04. The largest absolute Gasteiger partial charge is 0.345 e. The standard InChI is InChI=1S/C18H20N2O3S/c1-12-7-8-14(11-17(12)20-24(2,22)23)18(21)19-16-10-9-13-5-3-4-6-15(13)16/h3-8,11,16,20H,9-10H2,1-2H3,(H,19,21). The normalized spacial score (nSPS) is 16.5. The van der Waals surface area contributed by atoms with E-state index in [4.69, 9.17) is 0 Å². The topological polar surface area (TPSA) is 75.3 Å². The molecule has 2 aromatic rings. The molecule has 5 nitrogen and oxygen atoms in total. The zero-order valence-corrected chi connectivity index (χ0v) is 14.5. The van der Waals surface area contributed by atoms with Crippen LogP contribution in [0.25, 0.3) is 0 Å². The molecule has 1 amide bonds. The van der Waals surface area contributed by atoms with Crippen molar-refractivity contribution in [3.63, 3.8) is 0 Å². The van der Waals surface area contributed by atoms with Crippen LogP contribution in [0.2, 0.25) is 0 Å². The summed E-state index contributed by atoms with van der Waals surface area (Å²) in [4.78, 5) is 12.6. The molecule has 1 atom stereocenters. The quantitative estimate of drug-likeness (QED) is 0.895. The highest BCUT2D eigenvalue weighted by Gasteiger charge is 2.24. The van der Waals surface area contributed by atoms with E-state index < -0.39 is 10.0 Å². The van der Waals surface area contributed by atoms with Gasteiger partial charge in [0.25, 0.3) is 5.91 Å². The first-order valence-corrected chi connectivity index (χ1v) is 9.70. The predicted octanol–water partition coefficient (Wildman–Crippen LogP) is 2.78. The number of nitrogens with one attached hydrogen (secondary N) is 2. The summed E-state index contributed by atoms with van der Waals surface area (Å²) in [6.45, 7) is 1.79. The summed E-state index contributed by atoms with van der Waals surface area (Å²) in [5.41, 5.74) is 4.06. The highest BCUT2D eigenvalue weighted by molar-refractivity contribution is 7.92. The van der Waals surface area contributed by atoms with Crippen LogP contribution in [0.5, 0.6) is 0 Å². The van der Waals surface area contributed by atoms with Crippen LogP contribution in [0.3, 0.4) is 0 Å². The van der Waals surface area contributed by atoms with E-state index in [0.717, 1.165) is 30.2 Å². The second-order valence-electron chi connectivity index (χ2n) is 6.17. The SMILES string of the molecule is Cc1ccc(C(=O)NC2CCc3ccccc32)cc1NS(C)(=O)=O. The van der Waals surface area contributed by atoms with Crippen LogP contribution >= 0.6 is 0 Å².